The molecular weight excluding hydrogens is 755 g/mol. The van der Waals surface area contributed by atoms with Crippen molar-refractivity contribution in [3.8, 4) is 5.75 Å². The molecule has 0 radical (unpaired) electrons. The molecule has 4 rings (SSSR count). The zero-order chi connectivity index (χ0) is 43.1. The Morgan fingerprint density at radius 3 is 2.02 bits per heavy atom. The van der Waals surface area contributed by atoms with Gasteiger partial charge in [-0.05, 0) is 75.8 Å². The van der Waals surface area contributed by atoms with Gasteiger partial charge in [-0.25, -0.2) is 9.59 Å². The van der Waals surface area contributed by atoms with E-state index in [1.165, 1.54) is 16.7 Å². The predicted octanol–water partition coefficient (Wildman–Crippen LogP) is 4.58. The maximum atomic E-state index is 14.1. The van der Waals surface area contributed by atoms with Gasteiger partial charge in [0.1, 0.15) is 42.1 Å². The number of hydrogen-bond acceptors (Lipinski definition) is 9. The SMILES string of the molecule is CCOC(=O)[C@@H](CC(C)C)N1CCN(C(=O)CNC(=O)[C@@H](C)NC(=O)[C@H](Cc2ccc(OCc3ccccc3)cc2)NC(=O)OC(C)(C)C)[C@H](Cc2ccccc2)C1=O. The molecule has 14 nitrogen and oxygen atoms in total. The van der Waals surface area contributed by atoms with Crippen LogP contribution in [0.15, 0.2) is 84.9 Å². The molecule has 5 amide bonds. The zero-order valence-corrected chi connectivity index (χ0v) is 35.2. The van der Waals surface area contributed by atoms with Gasteiger partial charge in [-0.1, -0.05) is 86.6 Å². The number of rotatable bonds is 18. The van der Waals surface area contributed by atoms with Gasteiger partial charge >= 0.3 is 12.1 Å². The van der Waals surface area contributed by atoms with E-state index in [1.54, 1.807) is 52.0 Å². The minimum absolute atomic E-state index is 0.0772. The fourth-order valence-electron chi connectivity index (χ4n) is 6.64. The van der Waals surface area contributed by atoms with E-state index >= 15 is 0 Å². The molecule has 59 heavy (non-hydrogen) atoms. The van der Waals surface area contributed by atoms with E-state index in [1.807, 2.05) is 74.5 Å². The second kappa shape index (κ2) is 21.7. The topological polar surface area (TPSA) is 173 Å². The predicted molar refractivity (Wildman–Crippen MR) is 222 cm³/mol. The maximum Gasteiger partial charge on any atom is 0.408 e. The van der Waals surface area contributed by atoms with Gasteiger partial charge in [0.05, 0.1) is 13.2 Å². The minimum Gasteiger partial charge on any atom is -0.489 e. The normalized spacial score (nSPS) is 15.7. The maximum absolute atomic E-state index is 14.1. The van der Waals surface area contributed by atoms with E-state index in [-0.39, 0.29) is 44.4 Å². The summed E-state index contributed by atoms with van der Waals surface area (Å²) in [5.74, 6) is -1.92. The average molecular weight is 814 g/mol. The van der Waals surface area contributed by atoms with Crippen LogP contribution in [-0.2, 0) is 52.9 Å². The second-order valence-electron chi connectivity index (χ2n) is 16.0. The van der Waals surface area contributed by atoms with Crippen molar-refractivity contribution < 1.29 is 43.0 Å². The summed E-state index contributed by atoms with van der Waals surface area (Å²) in [6, 6.07) is 22.2. The molecule has 1 heterocycles. The quantitative estimate of drug-likeness (QED) is 0.156. The molecule has 0 bridgehead atoms. The standard InChI is InChI=1S/C45H59N5O9/c1-8-57-43(55)38(25-30(2)3)50-24-23-49(37(42(50)54)27-32-15-11-9-12-16-32)39(51)28-46-40(52)31(4)47-41(53)36(48-44(56)59-45(5,6)7)26-33-19-21-35(22-20-33)58-29-34-17-13-10-14-18-34/h9-22,30-31,36-38H,8,23-29H2,1-7H3,(H,46,52)(H,47,53)(H,48,56)/t31-,36+,37-,38-/m1/s1. The smallest absolute Gasteiger partial charge is 0.408 e. The summed E-state index contributed by atoms with van der Waals surface area (Å²) >= 11 is 0. The highest BCUT2D eigenvalue weighted by atomic mass is 16.6. The van der Waals surface area contributed by atoms with Crippen molar-refractivity contribution in [3.63, 3.8) is 0 Å². The lowest BCUT2D eigenvalue weighted by molar-refractivity contribution is -0.163. The Labute approximate surface area is 347 Å². The molecule has 14 heteroatoms. The number of carbonyl (C=O) groups is 6. The Morgan fingerprint density at radius 2 is 1.42 bits per heavy atom. The Bertz CT molecular complexity index is 1870. The molecule has 4 atom stereocenters. The van der Waals surface area contributed by atoms with Crippen molar-refractivity contribution in [1.82, 2.24) is 25.8 Å². The summed E-state index contributed by atoms with van der Waals surface area (Å²) < 4.78 is 16.6. The van der Waals surface area contributed by atoms with Crippen LogP contribution in [-0.4, -0.2) is 102 Å². The molecule has 318 valence electrons. The molecule has 3 aromatic rings. The summed E-state index contributed by atoms with van der Waals surface area (Å²) in [5, 5.41) is 7.87. The van der Waals surface area contributed by atoms with Gasteiger partial charge in [-0.3, -0.25) is 19.2 Å². The van der Waals surface area contributed by atoms with Gasteiger partial charge in [-0.2, -0.15) is 0 Å². The molecular formula is C45H59N5O9. The van der Waals surface area contributed by atoms with E-state index in [0.717, 1.165) is 11.1 Å². The third kappa shape index (κ3) is 14.4. The lowest BCUT2D eigenvalue weighted by Gasteiger charge is -2.43. The molecule has 0 unspecified atom stereocenters. The van der Waals surface area contributed by atoms with Crippen LogP contribution < -0.4 is 20.7 Å². The first-order valence-electron chi connectivity index (χ1n) is 20.2. The highest BCUT2D eigenvalue weighted by Gasteiger charge is 2.42. The van der Waals surface area contributed by atoms with E-state index in [4.69, 9.17) is 14.2 Å². The monoisotopic (exact) mass is 813 g/mol. The Morgan fingerprint density at radius 1 is 0.797 bits per heavy atom. The van der Waals surface area contributed by atoms with Crippen LogP contribution in [0.4, 0.5) is 4.79 Å². The summed E-state index contributed by atoms with van der Waals surface area (Å²) in [6.07, 6.45) is -0.121. The lowest BCUT2D eigenvalue weighted by atomic mass is 9.97. The number of esters is 1. The minimum atomic E-state index is -1.12. The van der Waals surface area contributed by atoms with E-state index in [9.17, 15) is 28.8 Å². The number of piperazine rings is 1. The van der Waals surface area contributed by atoms with Gasteiger partial charge in [0.25, 0.3) is 0 Å². The van der Waals surface area contributed by atoms with Crippen molar-refractivity contribution in [2.24, 2.45) is 5.92 Å². The van der Waals surface area contributed by atoms with Crippen LogP contribution in [0.25, 0.3) is 0 Å². The Balaban J connectivity index is 1.41. The van der Waals surface area contributed by atoms with E-state index < -0.39 is 66.1 Å². The summed E-state index contributed by atoms with van der Waals surface area (Å²) in [5.41, 5.74) is 1.73. The third-order valence-corrected chi connectivity index (χ3v) is 9.53. The third-order valence-electron chi connectivity index (χ3n) is 9.53. The Kier molecular flexibility index (Phi) is 16.9. The van der Waals surface area contributed by atoms with E-state index in [2.05, 4.69) is 16.0 Å². The number of nitrogens with one attached hydrogen (secondary N) is 3. The van der Waals surface area contributed by atoms with Crippen LogP contribution in [0.3, 0.4) is 0 Å². The van der Waals surface area contributed by atoms with Gasteiger partial charge in [-0.15, -0.1) is 0 Å². The number of amides is 5. The molecule has 1 aliphatic rings. The molecule has 0 aromatic heterocycles. The fourth-order valence-corrected chi connectivity index (χ4v) is 6.64. The van der Waals surface area contributed by atoms with E-state index in [0.29, 0.717) is 24.3 Å². The molecule has 3 N–H and O–H groups in total. The van der Waals surface area contributed by atoms with Crippen LogP contribution in [0.1, 0.15) is 71.6 Å². The second-order valence-corrected chi connectivity index (χ2v) is 16.0. The van der Waals surface area contributed by atoms with Crippen LogP contribution in [0.2, 0.25) is 0 Å². The van der Waals surface area contributed by atoms with Gasteiger partial charge < -0.3 is 40.0 Å². The van der Waals surface area contributed by atoms with Crippen molar-refractivity contribution in [2.45, 2.75) is 104 Å². The summed E-state index contributed by atoms with van der Waals surface area (Å²) in [7, 11) is 0. The first-order chi connectivity index (χ1) is 28.0. The molecule has 0 saturated carbocycles. The number of ether oxygens (including phenoxy) is 3. The highest BCUT2D eigenvalue weighted by molar-refractivity contribution is 5.95. The number of nitrogens with zero attached hydrogens (tertiary/aromatic N) is 2. The average Bonchev–Trinajstić information content (AvgIpc) is 3.19. The molecule has 0 spiro atoms. The van der Waals surface area contributed by atoms with Crippen LogP contribution >= 0.6 is 0 Å². The van der Waals surface area contributed by atoms with Crippen molar-refractivity contribution in [3.05, 3.63) is 102 Å². The largest absolute Gasteiger partial charge is 0.489 e. The van der Waals surface area contributed by atoms with Gasteiger partial charge in [0.15, 0.2) is 0 Å². The fraction of sp³-hybridized carbons (Fsp3) is 0.467. The van der Waals surface area contributed by atoms with Crippen LogP contribution in [0, 0.1) is 5.92 Å². The van der Waals surface area contributed by atoms with Gasteiger partial charge in [0, 0.05) is 25.9 Å². The number of benzene rings is 3. The molecule has 0 aliphatic carbocycles. The molecule has 3 aromatic carbocycles. The van der Waals surface area contributed by atoms with Gasteiger partial charge in [0.2, 0.25) is 23.6 Å². The molecule has 1 saturated heterocycles. The van der Waals surface area contributed by atoms with Crippen molar-refractivity contribution in [2.75, 3.05) is 26.2 Å². The summed E-state index contributed by atoms with van der Waals surface area (Å²) in [6.45, 7) is 12.6. The summed E-state index contributed by atoms with van der Waals surface area (Å²) in [4.78, 5) is 83.7. The van der Waals surface area contributed by atoms with Crippen molar-refractivity contribution in [1.29, 1.82) is 0 Å². The molecule has 1 fully saturated rings. The highest BCUT2D eigenvalue weighted by Crippen LogP contribution is 2.23. The number of hydrogen-bond donors (Lipinski definition) is 3. The molecule has 1 aliphatic heterocycles. The lowest BCUT2D eigenvalue weighted by Crippen LogP contribution is -2.64. The van der Waals surface area contributed by atoms with Crippen LogP contribution in [0.5, 0.6) is 5.75 Å². The Hall–Kier alpha value is -5.92. The number of alkyl carbamates (subject to hydrolysis) is 1. The number of carbonyl (C=O) groups excluding carboxylic acids is 6. The first-order valence-corrected chi connectivity index (χ1v) is 20.2. The first kappa shape index (κ1) is 45.8. The van der Waals surface area contributed by atoms with Crippen molar-refractivity contribution >= 4 is 35.7 Å². The zero-order valence-electron chi connectivity index (χ0n) is 35.2.